The lowest BCUT2D eigenvalue weighted by Gasteiger charge is -2.12. The van der Waals surface area contributed by atoms with Gasteiger partial charge in [-0.25, -0.2) is 0 Å². The van der Waals surface area contributed by atoms with Crippen LogP contribution in [0.2, 0.25) is 10.0 Å². The molecule has 4 aromatic rings. The normalized spacial score (nSPS) is 11.8. The number of halogens is 2. The third kappa shape index (κ3) is 4.87. The fourth-order valence-electron chi connectivity index (χ4n) is 4.36. The number of amides is 1. The van der Waals surface area contributed by atoms with Crippen LogP contribution >= 0.6 is 23.2 Å². The molecule has 3 aromatic carbocycles. The number of nitrogens with one attached hydrogen (secondary N) is 3. The summed E-state index contributed by atoms with van der Waals surface area (Å²) in [6.07, 6.45) is 3.49. The van der Waals surface area contributed by atoms with Crippen LogP contribution in [-0.4, -0.2) is 30.5 Å². The zero-order chi connectivity index (χ0) is 23.5. The smallest absolute Gasteiger partial charge is 0.238 e. The van der Waals surface area contributed by atoms with Crippen molar-refractivity contribution < 1.29 is 4.79 Å². The van der Waals surface area contributed by atoms with Gasteiger partial charge in [0.15, 0.2) is 0 Å². The number of aromatic nitrogens is 1. The second-order valence-corrected chi connectivity index (χ2v) is 9.19. The van der Waals surface area contributed by atoms with Gasteiger partial charge in [-0.15, -0.1) is 0 Å². The van der Waals surface area contributed by atoms with Crippen LogP contribution in [0.15, 0.2) is 66.9 Å². The molecule has 5 rings (SSSR count). The highest BCUT2D eigenvalue weighted by molar-refractivity contribution is 6.34. The van der Waals surface area contributed by atoms with E-state index in [1.54, 1.807) is 6.20 Å². The van der Waals surface area contributed by atoms with Crippen molar-refractivity contribution in [2.45, 2.75) is 12.8 Å². The van der Waals surface area contributed by atoms with Gasteiger partial charge >= 0.3 is 0 Å². The summed E-state index contributed by atoms with van der Waals surface area (Å²) >= 11 is 12.5. The lowest BCUT2D eigenvalue weighted by Crippen LogP contribution is -2.29. The summed E-state index contributed by atoms with van der Waals surface area (Å²) in [6, 6.07) is 19.9. The van der Waals surface area contributed by atoms with E-state index in [4.69, 9.17) is 23.2 Å². The van der Waals surface area contributed by atoms with Gasteiger partial charge < -0.3 is 16.0 Å². The Morgan fingerprint density at radius 2 is 1.79 bits per heavy atom. The summed E-state index contributed by atoms with van der Waals surface area (Å²) in [6.45, 7) is 1.71. The number of fused-ring (bicyclic) bond motifs is 4. The van der Waals surface area contributed by atoms with E-state index in [-0.39, 0.29) is 12.5 Å². The molecule has 0 radical (unpaired) electrons. The van der Waals surface area contributed by atoms with Crippen molar-refractivity contribution in [3.8, 4) is 11.1 Å². The Labute approximate surface area is 208 Å². The molecule has 34 heavy (non-hydrogen) atoms. The molecule has 0 aliphatic heterocycles. The zero-order valence-electron chi connectivity index (χ0n) is 18.5. The molecule has 7 heteroatoms. The highest BCUT2D eigenvalue weighted by atomic mass is 35.5. The van der Waals surface area contributed by atoms with Crippen LogP contribution in [0.1, 0.15) is 17.5 Å². The van der Waals surface area contributed by atoms with E-state index in [2.05, 4.69) is 33.1 Å². The summed E-state index contributed by atoms with van der Waals surface area (Å²) in [5.74, 6) is -0.109. The van der Waals surface area contributed by atoms with Gasteiger partial charge in [0.05, 0.1) is 22.8 Å². The van der Waals surface area contributed by atoms with Crippen molar-refractivity contribution in [2.24, 2.45) is 0 Å². The van der Waals surface area contributed by atoms with Crippen LogP contribution in [0.3, 0.4) is 0 Å². The van der Waals surface area contributed by atoms with Gasteiger partial charge in [-0.3, -0.25) is 9.78 Å². The van der Waals surface area contributed by atoms with Crippen molar-refractivity contribution in [3.63, 3.8) is 0 Å². The van der Waals surface area contributed by atoms with Gasteiger partial charge in [-0.1, -0.05) is 47.5 Å². The van der Waals surface area contributed by atoms with Gasteiger partial charge in [0, 0.05) is 28.8 Å². The minimum Gasteiger partial charge on any atom is -0.384 e. The molecule has 1 aliphatic carbocycles. The number of rotatable bonds is 8. The van der Waals surface area contributed by atoms with E-state index < -0.39 is 0 Å². The lowest BCUT2D eigenvalue weighted by atomic mass is 10.1. The number of nitrogens with zero attached hydrogens (tertiary/aromatic N) is 1. The van der Waals surface area contributed by atoms with E-state index in [0.717, 1.165) is 41.5 Å². The molecular formula is C27H24Cl2N4O. The van der Waals surface area contributed by atoms with Crippen LogP contribution < -0.4 is 16.0 Å². The standard InChI is InChI=1S/C27H24Cl2N4O/c28-19-6-7-21-24(8-11-32-25(21)14-19)31-10-3-9-30-16-27(34)33-26-13-18-12-17-4-1-2-5-20(17)22(18)15-23(26)29/h1-2,4-8,11,13-15,30H,3,9-10,12,16H2,(H,31,32)(H,33,34). The van der Waals surface area contributed by atoms with Crippen molar-refractivity contribution >= 4 is 51.4 Å². The SMILES string of the molecule is O=C(CNCCCNc1ccnc2cc(Cl)ccc12)Nc1cc2c(cc1Cl)-c1ccccc1C2. The molecule has 0 unspecified atom stereocenters. The van der Waals surface area contributed by atoms with Crippen molar-refractivity contribution in [2.75, 3.05) is 30.3 Å². The number of anilines is 2. The first-order valence-electron chi connectivity index (χ1n) is 11.3. The second kappa shape index (κ2) is 10.0. The molecule has 1 aromatic heterocycles. The quantitative estimate of drug-likeness (QED) is 0.228. The maximum absolute atomic E-state index is 12.4. The van der Waals surface area contributed by atoms with Crippen molar-refractivity contribution in [1.82, 2.24) is 10.3 Å². The van der Waals surface area contributed by atoms with Crippen molar-refractivity contribution in [1.29, 1.82) is 0 Å². The van der Waals surface area contributed by atoms with Crippen molar-refractivity contribution in [3.05, 3.63) is 88.0 Å². The van der Waals surface area contributed by atoms with E-state index in [1.165, 1.54) is 16.7 Å². The molecule has 1 heterocycles. The van der Waals surface area contributed by atoms with Gasteiger partial charge in [0.1, 0.15) is 0 Å². The molecule has 0 spiro atoms. The summed E-state index contributed by atoms with van der Waals surface area (Å²) in [5.41, 5.74) is 7.38. The Morgan fingerprint density at radius 3 is 2.71 bits per heavy atom. The van der Waals surface area contributed by atoms with E-state index in [0.29, 0.717) is 22.3 Å². The van der Waals surface area contributed by atoms with E-state index in [9.17, 15) is 4.79 Å². The average Bonchev–Trinajstić information content (AvgIpc) is 3.18. The highest BCUT2D eigenvalue weighted by Gasteiger charge is 2.20. The maximum Gasteiger partial charge on any atom is 0.238 e. The number of hydrogen-bond donors (Lipinski definition) is 3. The number of pyridine rings is 1. The number of carbonyl (C=O) groups is 1. The van der Waals surface area contributed by atoms with E-state index >= 15 is 0 Å². The third-order valence-corrected chi connectivity index (χ3v) is 6.54. The molecule has 3 N–H and O–H groups in total. The number of benzene rings is 3. The Bertz CT molecular complexity index is 1370. The van der Waals surface area contributed by atoms with Crippen LogP contribution in [0.5, 0.6) is 0 Å². The molecule has 0 bridgehead atoms. The monoisotopic (exact) mass is 490 g/mol. The first kappa shape index (κ1) is 22.7. The minimum absolute atomic E-state index is 0.109. The zero-order valence-corrected chi connectivity index (χ0v) is 20.0. The summed E-state index contributed by atoms with van der Waals surface area (Å²) in [7, 11) is 0. The minimum atomic E-state index is -0.109. The Morgan fingerprint density at radius 1 is 0.912 bits per heavy atom. The molecule has 0 saturated carbocycles. The lowest BCUT2D eigenvalue weighted by molar-refractivity contribution is -0.115. The molecule has 172 valence electrons. The predicted octanol–water partition coefficient (Wildman–Crippen LogP) is 6.14. The highest BCUT2D eigenvalue weighted by Crippen LogP contribution is 2.40. The van der Waals surface area contributed by atoms with Gasteiger partial charge in [-0.05, 0) is 78.0 Å². The predicted molar refractivity (Wildman–Crippen MR) is 141 cm³/mol. The fourth-order valence-corrected chi connectivity index (χ4v) is 4.74. The van der Waals surface area contributed by atoms with Gasteiger partial charge in [0.25, 0.3) is 0 Å². The molecule has 1 amide bonds. The first-order chi connectivity index (χ1) is 16.6. The molecule has 0 fully saturated rings. The van der Waals surface area contributed by atoms with Crippen LogP contribution in [0, 0.1) is 0 Å². The van der Waals surface area contributed by atoms with Crippen LogP contribution in [0.4, 0.5) is 11.4 Å². The van der Waals surface area contributed by atoms with E-state index in [1.807, 2.05) is 48.5 Å². The maximum atomic E-state index is 12.4. The number of carbonyl (C=O) groups excluding carboxylic acids is 1. The Hall–Kier alpha value is -3.12. The van der Waals surface area contributed by atoms with Gasteiger partial charge in [0.2, 0.25) is 5.91 Å². The molecule has 0 atom stereocenters. The fraction of sp³-hybridized carbons (Fsp3) is 0.185. The number of hydrogen-bond acceptors (Lipinski definition) is 4. The largest absolute Gasteiger partial charge is 0.384 e. The summed E-state index contributed by atoms with van der Waals surface area (Å²) in [5, 5.41) is 11.8. The van der Waals surface area contributed by atoms with Gasteiger partial charge in [-0.2, -0.15) is 0 Å². The Balaban J connectivity index is 1.08. The molecule has 0 saturated heterocycles. The molecule has 5 nitrogen and oxygen atoms in total. The van der Waals surface area contributed by atoms with Crippen LogP contribution in [-0.2, 0) is 11.2 Å². The summed E-state index contributed by atoms with van der Waals surface area (Å²) < 4.78 is 0. The third-order valence-electron chi connectivity index (χ3n) is 5.99. The molecular weight excluding hydrogens is 467 g/mol. The summed E-state index contributed by atoms with van der Waals surface area (Å²) in [4.78, 5) is 16.8. The van der Waals surface area contributed by atoms with Crippen LogP contribution in [0.25, 0.3) is 22.0 Å². The molecule has 1 aliphatic rings. The Kier molecular flexibility index (Phi) is 6.68. The second-order valence-electron chi connectivity index (χ2n) is 8.35. The topological polar surface area (TPSA) is 66.0 Å². The first-order valence-corrected chi connectivity index (χ1v) is 12.0. The average molecular weight is 491 g/mol.